The first-order valence-electron chi connectivity index (χ1n) is 7.71. The van der Waals surface area contributed by atoms with Crippen molar-refractivity contribution in [3.8, 4) is 0 Å². The summed E-state index contributed by atoms with van der Waals surface area (Å²) < 4.78 is 29.0. The monoisotopic (exact) mass is 373 g/mol. The van der Waals surface area contributed by atoms with E-state index in [1.165, 1.54) is 24.3 Å². The highest BCUT2D eigenvalue weighted by Crippen LogP contribution is 2.32. The highest BCUT2D eigenvalue weighted by atomic mass is 35.5. The molecule has 2 rings (SSSR count). The van der Waals surface area contributed by atoms with E-state index in [0.29, 0.717) is 10.9 Å². The first-order chi connectivity index (χ1) is 11.3. The van der Waals surface area contributed by atoms with Crippen molar-refractivity contribution in [3.05, 3.63) is 29.3 Å². The van der Waals surface area contributed by atoms with Crippen molar-refractivity contribution >= 4 is 33.3 Å². The SMILES string of the molecule is C[C@@H](NC(=O)COC(=O)CCS(=O)(=O)c1ccc(Cl)cc1)C1CC1. The highest BCUT2D eigenvalue weighted by Gasteiger charge is 2.29. The fourth-order valence-electron chi connectivity index (χ4n) is 2.21. The van der Waals surface area contributed by atoms with E-state index >= 15 is 0 Å². The van der Waals surface area contributed by atoms with Crippen LogP contribution in [0.1, 0.15) is 26.2 Å². The summed E-state index contributed by atoms with van der Waals surface area (Å²) in [6.45, 7) is 1.52. The van der Waals surface area contributed by atoms with E-state index in [0.717, 1.165) is 12.8 Å². The number of carbonyl (C=O) groups excluding carboxylic acids is 2. The molecule has 1 saturated carbocycles. The van der Waals surface area contributed by atoms with Crippen LogP contribution in [-0.2, 0) is 24.2 Å². The first-order valence-corrected chi connectivity index (χ1v) is 9.74. The number of hydrogen-bond acceptors (Lipinski definition) is 5. The van der Waals surface area contributed by atoms with Crippen molar-refractivity contribution < 1.29 is 22.7 Å². The predicted molar refractivity (Wildman–Crippen MR) is 89.4 cm³/mol. The number of benzene rings is 1. The molecule has 0 radical (unpaired) electrons. The Kier molecular flexibility index (Phi) is 6.23. The van der Waals surface area contributed by atoms with Crippen LogP contribution in [0.3, 0.4) is 0 Å². The Balaban J connectivity index is 1.73. The standard InChI is InChI=1S/C16H20ClNO5S/c1-11(12-2-3-12)18-15(19)10-23-16(20)8-9-24(21,22)14-6-4-13(17)5-7-14/h4-7,11-12H,2-3,8-10H2,1H3,(H,18,19)/t11-/m1/s1. The van der Waals surface area contributed by atoms with Crippen LogP contribution >= 0.6 is 11.6 Å². The fraction of sp³-hybridized carbons (Fsp3) is 0.500. The molecule has 0 bridgehead atoms. The molecule has 1 atom stereocenters. The number of carbonyl (C=O) groups is 2. The van der Waals surface area contributed by atoms with Crippen LogP contribution in [0, 0.1) is 5.92 Å². The summed E-state index contributed by atoms with van der Waals surface area (Å²) >= 11 is 5.71. The van der Waals surface area contributed by atoms with Crippen LogP contribution in [0.2, 0.25) is 5.02 Å². The average molecular weight is 374 g/mol. The number of rotatable bonds is 8. The highest BCUT2D eigenvalue weighted by molar-refractivity contribution is 7.91. The quantitative estimate of drug-likeness (QED) is 0.703. The van der Waals surface area contributed by atoms with Crippen LogP contribution < -0.4 is 5.32 Å². The maximum Gasteiger partial charge on any atom is 0.307 e. The Morgan fingerprint density at radius 3 is 2.50 bits per heavy atom. The lowest BCUT2D eigenvalue weighted by Gasteiger charge is -2.12. The van der Waals surface area contributed by atoms with Gasteiger partial charge in [0, 0.05) is 11.1 Å². The lowest BCUT2D eigenvalue weighted by atomic mass is 10.2. The van der Waals surface area contributed by atoms with E-state index in [-0.39, 0.29) is 29.0 Å². The molecule has 0 aromatic heterocycles. The van der Waals surface area contributed by atoms with Gasteiger partial charge in [0.05, 0.1) is 17.1 Å². The Bertz CT molecular complexity index is 698. The van der Waals surface area contributed by atoms with E-state index in [1.807, 2.05) is 6.92 Å². The first kappa shape index (κ1) is 18.7. The second-order valence-electron chi connectivity index (χ2n) is 5.88. The Morgan fingerprint density at radius 2 is 1.92 bits per heavy atom. The third kappa shape index (κ3) is 5.79. The molecule has 0 unspecified atom stereocenters. The normalized spacial score (nSPS) is 15.6. The summed E-state index contributed by atoms with van der Waals surface area (Å²) in [4.78, 5) is 23.3. The van der Waals surface area contributed by atoms with Gasteiger partial charge >= 0.3 is 5.97 Å². The van der Waals surface area contributed by atoms with Crippen LogP contribution in [0.4, 0.5) is 0 Å². The van der Waals surface area contributed by atoms with Gasteiger partial charge in [-0.15, -0.1) is 0 Å². The Morgan fingerprint density at radius 1 is 1.29 bits per heavy atom. The summed E-state index contributed by atoms with van der Waals surface area (Å²) in [5.41, 5.74) is 0. The van der Waals surface area contributed by atoms with Gasteiger partial charge in [-0.25, -0.2) is 8.42 Å². The van der Waals surface area contributed by atoms with Crippen molar-refractivity contribution in [1.82, 2.24) is 5.32 Å². The van der Waals surface area contributed by atoms with Gasteiger partial charge < -0.3 is 10.1 Å². The molecular formula is C16H20ClNO5S. The maximum atomic E-state index is 12.1. The van der Waals surface area contributed by atoms with E-state index in [4.69, 9.17) is 16.3 Å². The lowest BCUT2D eigenvalue weighted by molar-refractivity contribution is -0.148. The Labute approximate surface area is 146 Å². The molecule has 1 aliphatic carbocycles. The van der Waals surface area contributed by atoms with E-state index in [1.54, 1.807) is 0 Å². The van der Waals surface area contributed by atoms with Crippen LogP contribution in [0.25, 0.3) is 0 Å². The molecule has 1 fully saturated rings. The van der Waals surface area contributed by atoms with E-state index < -0.39 is 22.4 Å². The van der Waals surface area contributed by atoms with Crippen molar-refractivity contribution in [2.75, 3.05) is 12.4 Å². The summed E-state index contributed by atoms with van der Waals surface area (Å²) in [6, 6.07) is 5.78. The van der Waals surface area contributed by atoms with Crippen molar-refractivity contribution in [1.29, 1.82) is 0 Å². The zero-order valence-electron chi connectivity index (χ0n) is 13.3. The number of esters is 1. The van der Waals surface area contributed by atoms with Gasteiger partial charge in [-0.1, -0.05) is 11.6 Å². The van der Waals surface area contributed by atoms with Gasteiger partial charge in [0.15, 0.2) is 16.4 Å². The average Bonchev–Trinajstić information content (AvgIpc) is 3.36. The van der Waals surface area contributed by atoms with Crippen LogP contribution in [0.5, 0.6) is 0 Å². The van der Waals surface area contributed by atoms with E-state index in [9.17, 15) is 18.0 Å². The molecular weight excluding hydrogens is 354 g/mol. The largest absolute Gasteiger partial charge is 0.456 e. The molecule has 1 aliphatic rings. The number of halogens is 1. The Hall–Kier alpha value is -1.60. The summed E-state index contributed by atoms with van der Waals surface area (Å²) in [5, 5.41) is 3.18. The fourth-order valence-corrected chi connectivity index (χ4v) is 3.55. The zero-order chi connectivity index (χ0) is 17.7. The summed E-state index contributed by atoms with van der Waals surface area (Å²) in [6.07, 6.45) is 1.89. The van der Waals surface area contributed by atoms with Crippen molar-refractivity contribution in [2.45, 2.75) is 37.1 Å². The second-order valence-corrected chi connectivity index (χ2v) is 8.42. The molecule has 0 heterocycles. The maximum absolute atomic E-state index is 12.1. The lowest BCUT2D eigenvalue weighted by Crippen LogP contribution is -2.37. The third-order valence-corrected chi connectivity index (χ3v) is 5.81. The smallest absolute Gasteiger partial charge is 0.307 e. The van der Waals surface area contributed by atoms with Gasteiger partial charge in [-0.05, 0) is 49.9 Å². The van der Waals surface area contributed by atoms with Gasteiger partial charge in [0.25, 0.3) is 5.91 Å². The van der Waals surface area contributed by atoms with Gasteiger partial charge in [0.2, 0.25) is 0 Å². The molecule has 0 aliphatic heterocycles. The second kappa shape index (κ2) is 7.98. The molecule has 8 heteroatoms. The minimum atomic E-state index is -3.59. The summed E-state index contributed by atoms with van der Waals surface area (Å²) in [5.74, 6) is -0.965. The van der Waals surface area contributed by atoms with Gasteiger partial charge in [-0.2, -0.15) is 0 Å². The third-order valence-electron chi connectivity index (χ3n) is 3.83. The molecule has 0 saturated heterocycles. The molecule has 1 N–H and O–H groups in total. The van der Waals surface area contributed by atoms with Crippen molar-refractivity contribution in [2.24, 2.45) is 5.92 Å². The summed E-state index contributed by atoms with van der Waals surface area (Å²) in [7, 11) is -3.59. The van der Waals surface area contributed by atoms with Crippen molar-refractivity contribution in [3.63, 3.8) is 0 Å². The number of sulfone groups is 1. The molecule has 6 nitrogen and oxygen atoms in total. The number of hydrogen-bond donors (Lipinski definition) is 1. The van der Waals surface area contributed by atoms with Crippen LogP contribution in [0.15, 0.2) is 29.2 Å². The number of ether oxygens (including phenoxy) is 1. The predicted octanol–water partition coefficient (Wildman–Crippen LogP) is 1.96. The zero-order valence-corrected chi connectivity index (χ0v) is 14.9. The van der Waals surface area contributed by atoms with Crippen LogP contribution in [-0.4, -0.2) is 38.7 Å². The van der Waals surface area contributed by atoms with Gasteiger partial charge in [-0.3, -0.25) is 9.59 Å². The molecule has 24 heavy (non-hydrogen) atoms. The van der Waals surface area contributed by atoms with Gasteiger partial charge in [0.1, 0.15) is 0 Å². The molecule has 1 aromatic carbocycles. The molecule has 132 valence electrons. The minimum Gasteiger partial charge on any atom is -0.456 e. The molecule has 1 amide bonds. The van der Waals surface area contributed by atoms with E-state index in [2.05, 4.69) is 5.32 Å². The molecule has 1 aromatic rings. The number of nitrogens with one attached hydrogen (secondary N) is 1. The number of amides is 1. The topological polar surface area (TPSA) is 89.5 Å². The minimum absolute atomic E-state index is 0.0708. The molecule has 0 spiro atoms.